The average molecular weight is 378 g/mol. The minimum absolute atomic E-state index is 0.304. The van der Waals surface area contributed by atoms with Crippen molar-refractivity contribution >= 4 is 50.6 Å². The van der Waals surface area contributed by atoms with Gasteiger partial charge in [-0.15, -0.1) is 11.3 Å². The Morgan fingerprint density at radius 2 is 1.96 bits per heavy atom. The van der Waals surface area contributed by atoms with Crippen LogP contribution in [0.15, 0.2) is 48.5 Å². The van der Waals surface area contributed by atoms with Crippen LogP contribution in [0, 0.1) is 5.82 Å². The normalized spacial score (nSPS) is 12.0. The summed E-state index contributed by atoms with van der Waals surface area (Å²) in [4.78, 5) is 24.7. The van der Waals surface area contributed by atoms with E-state index in [0.29, 0.717) is 21.0 Å². The van der Waals surface area contributed by atoms with Crippen molar-refractivity contribution < 1.29 is 18.7 Å². The number of thiophene rings is 1. The number of ether oxygens (including phenoxy) is 1. The Hall–Kier alpha value is -2.44. The third-order valence-electron chi connectivity index (χ3n) is 3.46. The Kier molecular flexibility index (Phi) is 5.01. The van der Waals surface area contributed by atoms with Gasteiger partial charge in [-0.2, -0.15) is 0 Å². The summed E-state index contributed by atoms with van der Waals surface area (Å²) in [6.45, 7) is 1.47. The second kappa shape index (κ2) is 7.21. The van der Waals surface area contributed by atoms with E-state index in [9.17, 15) is 14.0 Å². The molecule has 1 N–H and O–H groups in total. The first-order chi connectivity index (χ1) is 11.9. The first kappa shape index (κ1) is 17.4. The highest BCUT2D eigenvalue weighted by Crippen LogP contribution is 2.27. The number of benzene rings is 2. The molecule has 1 atom stereocenters. The van der Waals surface area contributed by atoms with Gasteiger partial charge in [-0.1, -0.05) is 23.7 Å². The molecule has 0 aliphatic heterocycles. The van der Waals surface area contributed by atoms with E-state index in [1.807, 2.05) is 0 Å². The first-order valence-corrected chi connectivity index (χ1v) is 8.59. The van der Waals surface area contributed by atoms with Gasteiger partial charge in [-0.05, 0) is 48.7 Å². The first-order valence-electron chi connectivity index (χ1n) is 7.39. The van der Waals surface area contributed by atoms with Crippen molar-refractivity contribution in [3.63, 3.8) is 0 Å². The Labute approximate surface area is 152 Å². The van der Waals surface area contributed by atoms with Crippen LogP contribution in [0.2, 0.25) is 5.02 Å². The monoisotopic (exact) mass is 377 g/mol. The average Bonchev–Trinajstić information content (AvgIpc) is 3.00. The fourth-order valence-electron chi connectivity index (χ4n) is 2.18. The molecule has 3 aromatic rings. The Bertz CT molecular complexity index is 956. The molecule has 0 spiro atoms. The molecule has 25 heavy (non-hydrogen) atoms. The summed E-state index contributed by atoms with van der Waals surface area (Å²) in [6.07, 6.45) is -1.01. The van der Waals surface area contributed by atoms with Crippen LogP contribution in [0.25, 0.3) is 10.1 Å². The molecule has 1 heterocycles. The second-order valence-corrected chi connectivity index (χ2v) is 6.80. The van der Waals surface area contributed by atoms with E-state index in [-0.39, 0.29) is 5.82 Å². The molecule has 0 saturated heterocycles. The molecule has 0 saturated carbocycles. The molecule has 1 amide bonds. The van der Waals surface area contributed by atoms with Crippen LogP contribution in [-0.4, -0.2) is 18.0 Å². The predicted molar refractivity (Wildman–Crippen MR) is 96.7 cm³/mol. The third-order valence-corrected chi connectivity index (χ3v) is 4.89. The van der Waals surface area contributed by atoms with Crippen molar-refractivity contribution in [1.82, 2.24) is 0 Å². The summed E-state index contributed by atoms with van der Waals surface area (Å²) in [7, 11) is 0. The number of hydrogen-bond acceptors (Lipinski definition) is 4. The Morgan fingerprint density at radius 1 is 1.20 bits per heavy atom. The quantitative estimate of drug-likeness (QED) is 0.659. The van der Waals surface area contributed by atoms with Crippen LogP contribution in [0.5, 0.6) is 0 Å². The van der Waals surface area contributed by atoms with Crippen molar-refractivity contribution in [2.75, 3.05) is 5.32 Å². The van der Waals surface area contributed by atoms with Crippen molar-refractivity contribution in [1.29, 1.82) is 0 Å². The number of carbonyl (C=O) groups is 2. The summed E-state index contributed by atoms with van der Waals surface area (Å²) in [5.41, 5.74) is 0.439. The van der Waals surface area contributed by atoms with E-state index in [4.69, 9.17) is 16.3 Å². The summed E-state index contributed by atoms with van der Waals surface area (Å²) in [5, 5.41) is 3.61. The largest absolute Gasteiger partial charge is 0.448 e. The van der Waals surface area contributed by atoms with E-state index < -0.39 is 18.0 Å². The van der Waals surface area contributed by atoms with Crippen molar-refractivity contribution in [3.8, 4) is 0 Å². The zero-order valence-electron chi connectivity index (χ0n) is 13.1. The lowest BCUT2D eigenvalue weighted by Crippen LogP contribution is -2.29. The summed E-state index contributed by atoms with van der Waals surface area (Å²) < 4.78 is 19.2. The van der Waals surface area contributed by atoms with Gasteiger partial charge < -0.3 is 10.1 Å². The van der Waals surface area contributed by atoms with Gasteiger partial charge in [0.1, 0.15) is 10.7 Å². The van der Waals surface area contributed by atoms with Gasteiger partial charge in [0.25, 0.3) is 5.91 Å². The molecule has 128 valence electrons. The number of amides is 1. The smallest absolute Gasteiger partial charge is 0.349 e. The number of halogens is 2. The van der Waals surface area contributed by atoms with Gasteiger partial charge in [0.05, 0.1) is 10.7 Å². The van der Waals surface area contributed by atoms with Crippen molar-refractivity contribution in [3.05, 3.63) is 64.2 Å². The standard InChI is InChI=1S/C18H13ClFNO3S/c1-10(17(22)21-14-5-3-2-4-13(14)19)24-18(23)16-9-11-8-12(20)6-7-15(11)25-16/h2-10H,1H3,(H,21,22)/t10-/m1/s1. The highest BCUT2D eigenvalue weighted by molar-refractivity contribution is 7.20. The van der Waals surface area contributed by atoms with Gasteiger partial charge in [0.15, 0.2) is 6.10 Å². The zero-order valence-corrected chi connectivity index (χ0v) is 14.7. The molecule has 0 bridgehead atoms. The molecule has 7 heteroatoms. The predicted octanol–water partition coefficient (Wildman–Crippen LogP) is 4.88. The van der Waals surface area contributed by atoms with Gasteiger partial charge >= 0.3 is 5.97 Å². The minimum Gasteiger partial charge on any atom is -0.448 e. The van der Waals surface area contributed by atoms with E-state index in [1.165, 1.54) is 30.4 Å². The second-order valence-electron chi connectivity index (χ2n) is 5.31. The molecular weight excluding hydrogens is 365 g/mol. The van der Waals surface area contributed by atoms with Crippen LogP contribution >= 0.6 is 22.9 Å². The van der Waals surface area contributed by atoms with E-state index in [2.05, 4.69) is 5.32 Å². The third kappa shape index (κ3) is 3.97. The Morgan fingerprint density at radius 3 is 2.72 bits per heavy atom. The maximum atomic E-state index is 13.2. The molecule has 0 fully saturated rings. The fourth-order valence-corrected chi connectivity index (χ4v) is 3.29. The minimum atomic E-state index is -1.01. The van der Waals surface area contributed by atoms with Crippen LogP contribution in [0.3, 0.4) is 0 Å². The molecule has 0 radical (unpaired) electrons. The molecule has 3 rings (SSSR count). The zero-order chi connectivity index (χ0) is 18.0. The summed E-state index contributed by atoms with van der Waals surface area (Å²) in [6, 6.07) is 12.6. The molecule has 4 nitrogen and oxygen atoms in total. The maximum Gasteiger partial charge on any atom is 0.349 e. The Balaban J connectivity index is 1.68. The number of hydrogen-bond donors (Lipinski definition) is 1. The number of anilines is 1. The lowest BCUT2D eigenvalue weighted by atomic mass is 10.2. The van der Waals surface area contributed by atoms with Crippen LogP contribution in [0.4, 0.5) is 10.1 Å². The molecule has 2 aromatic carbocycles. The van der Waals surface area contributed by atoms with E-state index in [1.54, 1.807) is 36.4 Å². The molecule has 0 aliphatic carbocycles. The number of nitrogens with one attached hydrogen (secondary N) is 1. The van der Waals surface area contributed by atoms with E-state index >= 15 is 0 Å². The molecule has 0 aliphatic rings. The highest BCUT2D eigenvalue weighted by atomic mass is 35.5. The number of para-hydroxylation sites is 1. The highest BCUT2D eigenvalue weighted by Gasteiger charge is 2.21. The van der Waals surface area contributed by atoms with Crippen molar-refractivity contribution in [2.24, 2.45) is 0 Å². The molecule has 0 unspecified atom stereocenters. The maximum absolute atomic E-state index is 13.2. The van der Waals surface area contributed by atoms with Crippen LogP contribution < -0.4 is 5.32 Å². The van der Waals surface area contributed by atoms with Crippen LogP contribution in [-0.2, 0) is 9.53 Å². The summed E-state index contributed by atoms with van der Waals surface area (Å²) in [5.74, 6) is -1.50. The van der Waals surface area contributed by atoms with Gasteiger partial charge in [0.2, 0.25) is 0 Å². The molecule has 1 aromatic heterocycles. The van der Waals surface area contributed by atoms with Gasteiger partial charge in [-0.25, -0.2) is 9.18 Å². The summed E-state index contributed by atoms with van der Waals surface area (Å²) >= 11 is 7.16. The number of fused-ring (bicyclic) bond motifs is 1. The lowest BCUT2D eigenvalue weighted by molar-refractivity contribution is -0.123. The van der Waals surface area contributed by atoms with Gasteiger partial charge in [0, 0.05) is 4.70 Å². The fraction of sp³-hybridized carbons (Fsp3) is 0.111. The SMILES string of the molecule is C[C@@H](OC(=O)c1cc2cc(F)ccc2s1)C(=O)Nc1ccccc1Cl. The lowest BCUT2D eigenvalue weighted by Gasteiger charge is -2.13. The van der Waals surface area contributed by atoms with Crippen LogP contribution in [0.1, 0.15) is 16.6 Å². The van der Waals surface area contributed by atoms with Crippen molar-refractivity contribution in [2.45, 2.75) is 13.0 Å². The topological polar surface area (TPSA) is 55.4 Å². The number of rotatable bonds is 4. The number of esters is 1. The molecular formula is C18H13ClFNO3S. The number of carbonyl (C=O) groups excluding carboxylic acids is 2. The van der Waals surface area contributed by atoms with E-state index in [0.717, 1.165) is 4.70 Å². The van der Waals surface area contributed by atoms with Gasteiger partial charge in [-0.3, -0.25) is 4.79 Å².